The fourth-order valence-electron chi connectivity index (χ4n) is 1.10. The third-order valence-corrected chi connectivity index (χ3v) is 5.42. The molecular formula is C9H15BrN2O3S2. The van der Waals surface area contributed by atoms with Crippen LogP contribution in [0.1, 0.15) is 6.92 Å². The molecule has 5 nitrogen and oxygen atoms in total. The molecule has 1 aromatic rings. The van der Waals surface area contributed by atoms with Gasteiger partial charge in [-0.1, -0.05) is 0 Å². The third kappa shape index (κ3) is 5.45. The molecule has 0 saturated carbocycles. The molecule has 0 saturated heterocycles. The lowest BCUT2D eigenvalue weighted by atomic mass is 10.4. The van der Waals surface area contributed by atoms with E-state index in [1.165, 1.54) is 11.3 Å². The van der Waals surface area contributed by atoms with Crippen LogP contribution in [0.5, 0.6) is 0 Å². The maximum Gasteiger partial charge on any atom is 0.250 e. The van der Waals surface area contributed by atoms with Crippen LogP contribution in [0.15, 0.2) is 20.1 Å². The Morgan fingerprint density at radius 3 is 2.71 bits per heavy atom. The first kappa shape index (κ1) is 15.1. The number of rotatable bonds is 7. The molecule has 1 aromatic heterocycles. The zero-order valence-electron chi connectivity index (χ0n) is 9.31. The molecule has 0 fully saturated rings. The van der Waals surface area contributed by atoms with Crippen molar-refractivity contribution in [2.75, 3.05) is 19.6 Å². The van der Waals surface area contributed by atoms with Gasteiger partial charge in [0.2, 0.25) is 10.0 Å². The SMILES string of the molecule is CC(O)CNCCNS(=O)(=O)c1ccc(Br)s1. The van der Waals surface area contributed by atoms with Crippen LogP contribution in [0.3, 0.4) is 0 Å². The van der Waals surface area contributed by atoms with Crippen molar-refractivity contribution in [2.24, 2.45) is 0 Å². The number of thiophene rings is 1. The lowest BCUT2D eigenvalue weighted by molar-refractivity contribution is 0.192. The molecule has 0 spiro atoms. The van der Waals surface area contributed by atoms with Crippen molar-refractivity contribution in [3.05, 3.63) is 15.9 Å². The Morgan fingerprint density at radius 2 is 2.18 bits per heavy atom. The summed E-state index contributed by atoms with van der Waals surface area (Å²) in [5.41, 5.74) is 0. The van der Waals surface area contributed by atoms with E-state index in [-0.39, 0.29) is 0 Å². The predicted octanol–water partition coefficient (Wildman–Crippen LogP) is 0.759. The van der Waals surface area contributed by atoms with Crippen LogP contribution in [-0.4, -0.2) is 39.3 Å². The van der Waals surface area contributed by atoms with Crippen molar-refractivity contribution >= 4 is 37.3 Å². The minimum absolute atomic E-state index is 0.292. The van der Waals surface area contributed by atoms with Crippen molar-refractivity contribution in [1.82, 2.24) is 10.0 Å². The Morgan fingerprint density at radius 1 is 1.47 bits per heavy atom. The first-order valence-corrected chi connectivity index (χ1v) is 8.15. The highest BCUT2D eigenvalue weighted by Gasteiger charge is 2.15. The average molecular weight is 343 g/mol. The summed E-state index contributed by atoms with van der Waals surface area (Å²) in [7, 11) is -3.40. The second-order valence-corrected chi connectivity index (χ2v) is 7.97. The molecule has 0 bridgehead atoms. The molecule has 98 valence electrons. The van der Waals surface area contributed by atoms with Gasteiger partial charge in [0, 0.05) is 19.6 Å². The van der Waals surface area contributed by atoms with Gasteiger partial charge in [-0.05, 0) is 35.0 Å². The van der Waals surface area contributed by atoms with Crippen LogP contribution < -0.4 is 10.0 Å². The monoisotopic (exact) mass is 342 g/mol. The summed E-state index contributed by atoms with van der Waals surface area (Å²) in [4.78, 5) is 0. The molecule has 1 heterocycles. The van der Waals surface area contributed by atoms with Crippen LogP contribution in [0, 0.1) is 0 Å². The van der Waals surface area contributed by atoms with E-state index in [0.717, 1.165) is 3.79 Å². The Kier molecular flexibility index (Phi) is 6.04. The summed E-state index contributed by atoms with van der Waals surface area (Å²) in [6.45, 7) is 2.90. The van der Waals surface area contributed by atoms with Crippen molar-refractivity contribution < 1.29 is 13.5 Å². The molecule has 0 aliphatic rings. The molecule has 0 aromatic carbocycles. The number of hydrogen-bond donors (Lipinski definition) is 3. The Labute approximate surface area is 113 Å². The van der Waals surface area contributed by atoms with Gasteiger partial charge in [-0.3, -0.25) is 0 Å². The summed E-state index contributed by atoms with van der Waals surface area (Å²) in [6.07, 6.45) is -0.431. The highest BCUT2D eigenvalue weighted by molar-refractivity contribution is 9.11. The van der Waals surface area contributed by atoms with E-state index < -0.39 is 16.1 Å². The van der Waals surface area contributed by atoms with Crippen LogP contribution >= 0.6 is 27.3 Å². The number of aliphatic hydroxyl groups excluding tert-OH is 1. The standard InChI is InChI=1S/C9H15BrN2O3S2/c1-7(13)6-11-4-5-12-17(14,15)9-3-2-8(10)16-9/h2-3,7,11-13H,4-6H2,1H3. The molecule has 1 unspecified atom stereocenters. The molecule has 0 aliphatic heterocycles. The van der Waals surface area contributed by atoms with E-state index in [1.54, 1.807) is 19.1 Å². The summed E-state index contributed by atoms with van der Waals surface area (Å²) in [6, 6.07) is 3.26. The Hall–Kier alpha value is 0.01000. The van der Waals surface area contributed by atoms with Crippen molar-refractivity contribution in [3.8, 4) is 0 Å². The summed E-state index contributed by atoms with van der Waals surface area (Å²) in [5, 5.41) is 11.9. The van der Waals surface area contributed by atoms with Gasteiger partial charge >= 0.3 is 0 Å². The van der Waals surface area contributed by atoms with Gasteiger partial charge in [0.25, 0.3) is 0 Å². The molecule has 0 radical (unpaired) electrons. The van der Waals surface area contributed by atoms with E-state index in [1.807, 2.05) is 0 Å². The van der Waals surface area contributed by atoms with Crippen LogP contribution in [0.2, 0.25) is 0 Å². The van der Waals surface area contributed by atoms with Gasteiger partial charge in [0.05, 0.1) is 9.89 Å². The maximum atomic E-state index is 11.7. The van der Waals surface area contributed by atoms with E-state index in [0.29, 0.717) is 23.8 Å². The number of hydrogen-bond acceptors (Lipinski definition) is 5. The number of sulfonamides is 1. The quantitative estimate of drug-likeness (QED) is 0.639. The first-order valence-electron chi connectivity index (χ1n) is 5.05. The second kappa shape index (κ2) is 6.81. The lowest BCUT2D eigenvalue weighted by Gasteiger charge is -2.07. The second-order valence-electron chi connectivity index (χ2n) is 3.51. The van der Waals surface area contributed by atoms with Gasteiger partial charge in [0.15, 0.2) is 0 Å². The van der Waals surface area contributed by atoms with E-state index >= 15 is 0 Å². The summed E-state index contributed by atoms with van der Waals surface area (Å²) < 4.78 is 27.0. The largest absolute Gasteiger partial charge is 0.392 e. The Bertz CT molecular complexity index is 445. The zero-order chi connectivity index (χ0) is 12.9. The van der Waals surface area contributed by atoms with Gasteiger partial charge in [0.1, 0.15) is 4.21 Å². The normalized spacial score (nSPS) is 13.8. The fraction of sp³-hybridized carbons (Fsp3) is 0.556. The molecule has 17 heavy (non-hydrogen) atoms. The molecule has 3 N–H and O–H groups in total. The maximum absolute atomic E-state index is 11.7. The minimum atomic E-state index is -3.40. The highest BCUT2D eigenvalue weighted by atomic mass is 79.9. The topological polar surface area (TPSA) is 78.4 Å². The molecule has 1 rings (SSSR count). The Balaban J connectivity index is 2.36. The van der Waals surface area contributed by atoms with E-state index in [4.69, 9.17) is 5.11 Å². The van der Waals surface area contributed by atoms with Crippen molar-refractivity contribution in [1.29, 1.82) is 0 Å². The molecule has 0 amide bonds. The van der Waals surface area contributed by atoms with Gasteiger partial charge < -0.3 is 10.4 Å². The molecular weight excluding hydrogens is 328 g/mol. The molecule has 0 aliphatic carbocycles. The minimum Gasteiger partial charge on any atom is -0.392 e. The molecule has 8 heteroatoms. The smallest absolute Gasteiger partial charge is 0.250 e. The number of halogens is 1. The first-order chi connectivity index (χ1) is 7.92. The number of aliphatic hydroxyl groups is 1. The van der Waals surface area contributed by atoms with E-state index in [2.05, 4.69) is 26.0 Å². The van der Waals surface area contributed by atoms with Crippen LogP contribution in [-0.2, 0) is 10.0 Å². The number of nitrogens with one attached hydrogen (secondary N) is 2. The zero-order valence-corrected chi connectivity index (χ0v) is 12.5. The van der Waals surface area contributed by atoms with Crippen LogP contribution in [0.25, 0.3) is 0 Å². The van der Waals surface area contributed by atoms with Gasteiger partial charge in [-0.2, -0.15) is 0 Å². The predicted molar refractivity (Wildman–Crippen MR) is 71.8 cm³/mol. The van der Waals surface area contributed by atoms with Crippen molar-refractivity contribution in [2.45, 2.75) is 17.2 Å². The van der Waals surface area contributed by atoms with Gasteiger partial charge in [-0.25, -0.2) is 13.1 Å². The summed E-state index contributed by atoms with van der Waals surface area (Å²) >= 11 is 4.39. The fourth-order valence-corrected chi connectivity index (χ4v) is 4.18. The van der Waals surface area contributed by atoms with E-state index in [9.17, 15) is 8.42 Å². The van der Waals surface area contributed by atoms with Crippen molar-refractivity contribution in [3.63, 3.8) is 0 Å². The average Bonchev–Trinajstić information content (AvgIpc) is 2.64. The molecule has 1 atom stereocenters. The lowest BCUT2D eigenvalue weighted by Crippen LogP contribution is -2.34. The van der Waals surface area contributed by atoms with Crippen LogP contribution in [0.4, 0.5) is 0 Å². The van der Waals surface area contributed by atoms with Gasteiger partial charge in [-0.15, -0.1) is 11.3 Å². The highest BCUT2D eigenvalue weighted by Crippen LogP contribution is 2.25. The summed E-state index contributed by atoms with van der Waals surface area (Å²) in [5.74, 6) is 0. The third-order valence-electron chi connectivity index (χ3n) is 1.85.